The average Bonchev–Trinajstić information content (AvgIpc) is 2.92. The highest BCUT2D eigenvalue weighted by Crippen LogP contribution is 2.22. The molecule has 0 saturated carbocycles. The molecule has 0 saturated heterocycles. The Balaban J connectivity index is 1.40. The SMILES string of the molecule is COc1ccc(NS(=O)(=O)c2ccc(NC(=O)c3ccc(CN(c4ccccc4)S(C)(=O)=O)cc3)cc2)cc1. The summed E-state index contributed by atoms with van der Waals surface area (Å²) in [5.74, 6) is 0.215. The Morgan fingerprint density at radius 1 is 0.769 bits per heavy atom. The van der Waals surface area contributed by atoms with Crippen LogP contribution in [-0.2, 0) is 26.6 Å². The molecule has 202 valence electrons. The Labute approximate surface area is 228 Å². The van der Waals surface area contributed by atoms with Crippen molar-refractivity contribution >= 4 is 43.0 Å². The van der Waals surface area contributed by atoms with Crippen molar-refractivity contribution in [1.82, 2.24) is 0 Å². The van der Waals surface area contributed by atoms with Gasteiger partial charge < -0.3 is 10.1 Å². The number of ether oxygens (including phenoxy) is 1. The summed E-state index contributed by atoms with van der Waals surface area (Å²) in [6, 6.07) is 27.6. The lowest BCUT2D eigenvalue weighted by atomic mass is 10.1. The van der Waals surface area contributed by atoms with Crippen LogP contribution >= 0.6 is 0 Å². The summed E-state index contributed by atoms with van der Waals surface area (Å²) in [6.45, 7) is 0.116. The molecule has 0 bridgehead atoms. The van der Waals surface area contributed by atoms with E-state index in [2.05, 4.69) is 10.0 Å². The van der Waals surface area contributed by atoms with Crippen LogP contribution in [0.1, 0.15) is 15.9 Å². The summed E-state index contributed by atoms with van der Waals surface area (Å²) in [5.41, 5.74) is 2.42. The van der Waals surface area contributed by atoms with E-state index in [1.165, 1.54) is 35.7 Å². The van der Waals surface area contributed by atoms with E-state index < -0.39 is 26.0 Å². The number of methoxy groups -OCH3 is 1. The number of nitrogens with zero attached hydrogens (tertiary/aromatic N) is 1. The Morgan fingerprint density at radius 3 is 1.92 bits per heavy atom. The van der Waals surface area contributed by atoms with Gasteiger partial charge in [0.05, 0.1) is 30.5 Å². The summed E-state index contributed by atoms with van der Waals surface area (Å²) < 4.78 is 58.9. The first-order valence-electron chi connectivity index (χ1n) is 11.8. The van der Waals surface area contributed by atoms with Gasteiger partial charge in [-0.15, -0.1) is 0 Å². The van der Waals surface area contributed by atoms with Gasteiger partial charge in [0.2, 0.25) is 10.0 Å². The van der Waals surface area contributed by atoms with Gasteiger partial charge in [0.25, 0.3) is 15.9 Å². The number of benzene rings is 4. The van der Waals surface area contributed by atoms with Crippen LogP contribution < -0.4 is 19.1 Å². The maximum Gasteiger partial charge on any atom is 0.261 e. The summed E-state index contributed by atoms with van der Waals surface area (Å²) in [7, 11) is -5.82. The number of hydrogen-bond donors (Lipinski definition) is 2. The molecule has 2 N–H and O–H groups in total. The molecule has 0 atom stereocenters. The standard InChI is InChI=1S/C28H27N3O6S2/c1-37-26-16-12-24(13-17-26)30-39(35,36)27-18-14-23(15-19-27)29-28(32)22-10-8-21(9-11-22)20-31(38(2,33)34)25-6-4-3-5-7-25/h3-19,30H,20H2,1-2H3,(H,29,32). The van der Waals surface area contributed by atoms with Crippen LogP contribution in [0.15, 0.2) is 108 Å². The van der Waals surface area contributed by atoms with E-state index >= 15 is 0 Å². The molecule has 9 nitrogen and oxygen atoms in total. The second kappa shape index (κ2) is 11.6. The monoisotopic (exact) mass is 565 g/mol. The van der Waals surface area contributed by atoms with Crippen LogP contribution in [-0.4, -0.2) is 36.1 Å². The van der Waals surface area contributed by atoms with E-state index in [4.69, 9.17) is 4.74 Å². The maximum atomic E-state index is 12.7. The molecule has 1 amide bonds. The van der Waals surface area contributed by atoms with Gasteiger partial charge in [-0.2, -0.15) is 0 Å². The molecule has 4 aromatic rings. The number of para-hydroxylation sites is 1. The first kappa shape index (κ1) is 27.7. The summed E-state index contributed by atoms with van der Waals surface area (Å²) in [5, 5.41) is 2.74. The molecule has 0 aliphatic heterocycles. The number of sulfonamides is 2. The molecule has 0 unspecified atom stereocenters. The van der Waals surface area contributed by atoms with Crippen molar-refractivity contribution in [3.63, 3.8) is 0 Å². The third-order valence-electron chi connectivity index (χ3n) is 5.75. The number of rotatable bonds is 10. The largest absolute Gasteiger partial charge is 0.497 e. The van der Waals surface area contributed by atoms with Gasteiger partial charge in [-0.25, -0.2) is 16.8 Å². The second-order valence-corrected chi connectivity index (χ2v) is 12.2. The van der Waals surface area contributed by atoms with Gasteiger partial charge in [0, 0.05) is 16.9 Å². The highest BCUT2D eigenvalue weighted by atomic mass is 32.2. The molecule has 0 aliphatic carbocycles. The zero-order valence-electron chi connectivity index (χ0n) is 21.2. The molecular formula is C28H27N3O6S2. The average molecular weight is 566 g/mol. The fraction of sp³-hybridized carbons (Fsp3) is 0.107. The third kappa shape index (κ3) is 7.15. The highest BCUT2D eigenvalue weighted by Gasteiger charge is 2.18. The minimum atomic E-state index is -3.83. The van der Waals surface area contributed by atoms with Crippen molar-refractivity contribution in [3.05, 3.63) is 114 Å². The Kier molecular flexibility index (Phi) is 8.22. The predicted octanol–water partition coefficient (Wildman–Crippen LogP) is 4.71. The quantitative estimate of drug-likeness (QED) is 0.287. The van der Waals surface area contributed by atoms with Crippen molar-refractivity contribution < 1.29 is 26.4 Å². The van der Waals surface area contributed by atoms with Crippen LogP contribution in [0, 0.1) is 0 Å². The first-order chi connectivity index (χ1) is 18.5. The minimum absolute atomic E-state index is 0.0366. The van der Waals surface area contributed by atoms with Crippen LogP contribution in [0.2, 0.25) is 0 Å². The smallest absolute Gasteiger partial charge is 0.261 e. The summed E-state index contributed by atoms with van der Waals surface area (Å²) in [4.78, 5) is 12.8. The number of carbonyl (C=O) groups is 1. The summed E-state index contributed by atoms with van der Waals surface area (Å²) >= 11 is 0. The Morgan fingerprint density at radius 2 is 1.36 bits per heavy atom. The molecular weight excluding hydrogens is 538 g/mol. The van der Waals surface area contributed by atoms with E-state index in [9.17, 15) is 21.6 Å². The molecule has 11 heteroatoms. The van der Waals surface area contributed by atoms with Crippen LogP contribution in [0.4, 0.5) is 17.1 Å². The fourth-order valence-corrected chi connectivity index (χ4v) is 5.66. The van der Waals surface area contributed by atoms with E-state index in [-0.39, 0.29) is 11.4 Å². The lowest BCUT2D eigenvalue weighted by molar-refractivity contribution is 0.102. The zero-order valence-corrected chi connectivity index (χ0v) is 22.9. The van der Waals surface area contributed by atoms with Crippen molar-refractivity contribution in [2.45, 2.75) is 11.4 Å². The van der Waals surface area contributed by atoms with E-state index in [0.29, 0.717) is 33.9 Å². The number of amides is 1. The van der Waals surface area contributed by atoms with E-state index in [0.717, 1.165) is 6.26 Å². The third-order valence-corrected chi connectivity index (χ3v) is 8.29. The van der Waals surface area contributed by atoms with Gasteiger partial charge in [-0.05, 0) is 78.4 Å². The predicted molar refractivity (Wildman–Crippen MR) is 152 cm³/mol. The van der Waals surface area contributed by atoms with Crippen LogP contribution in [0.25, 0.3) is 0 Å². The minimum Gasteiger partial charge on any atom is -0.497 e. The van der Waals surface area contributed by atoms with Gasteiger partial charge in [-0.1, -0.05) is 30.3 Å². The number of nitrogens with one attached hydrogen (secondary N) is 2. The second-order valence-electron chi connectivity index (χ2n) is 8.61. The highest BCUT2D eigenvalue weighted by molar-refractivity contribution is 7.92. The van der Waals surface area contributed by atoms with Gasteiger partial charge in [0.15, 0.2) is 0 Å². The molecule has 0 radical (unpaired) electrons. The molecule has 0 heterocycles. The van der Waals surface area contributed by atoms with Crippen molar-refractivity contribution in [1.29, 1.82) is 0 Å². The van der Waals surface area contributed by atoms with Gasteiger partial charge in [0.1, 0.15) is 5.75 Å². The topological polar surface area (TPSA) is 122 Å². The first-order valence-corrected chi connectivity index (χ1v) is 15.1. The molecule has 0 fully saturated rings. The van der Waals surface area contributed by atoms with Crippen molar-refractivity contribution in [2.24, 2.45) is 0 Å². The van der Waals surface area contributed by atoms with Crippen LogP contribution in [0.5, 0.6) is 5.75 Å². The molecule has 39 heavy (non-hydrogen) atoms. The van der Waals surface area contributed by atoms with Gasteiger partial charge in [-0.3, -0.25) is 13.8 Å². The molecule has 4 rings (SSSR count). The van der Waals surface area contributed by atoms with E-state index in [1.54, 1.807) is 72.8 Å². The lowest BCUT2D eigenvalue weighted by Crippen LogP contribution is -2.29. The van der Waals surface area contributed by atoms with E-state index in [1.807, 2.05) is 6.07 Å². The molecule has 0 aromatic heterocycles. The molecule has 0 aliphatic rings. The number of hydrogen-bond acceptors (Lipinski definition) is 6. The molecule has 0 spiro atoms. The lowest BCUT2D eigenvalue weighted by Gasteiger charge is -2.22. The zero-order chi connectivity index (χ0) is 28.0. The Hall–Kier alpha value is -4.35. The summed E-state index contributed by atoms with van der Waals surface area (Å²) in [6.07, 6.45) is 1.15. The Bertz CT molecular complexity index is 1640. The molecule has 4 aromatic carbocycles. The number of anilines is 3. The van der Waals surface area contributed by atoms with Crippen molar-refractivity contribution in [3.8, 4) is 5.75 Å². The maximum absolute atomic E-state index is 12.7. The fourth-order valence-electron chi connectivity index (χ4n) is 3.72. The normalized spacial score (nSPS) is 11.4. The number of carbonyl (C=O) groups excluding carboxylic acids is 1. The van der Waals surface area contributed by atoms with Gasteiger partial charge >= 0.3 is 0 Å². The van der Waals surface area contributed by atoms with Crippen molar-refractivity contribution in [2.75, 3.05) is 27.7 Å². The van der Waals surface area contributed by atoms with Crippen LogP contribution in [0.3, 0.4) is 0 Å².